The largest absolute Gasteiger partial charge is 0.546 e. The molecular formula is C4H5N2O3-. The second-order valence-electron chi connectivity index (χ2n) is 1.92. The molecular weight excluding hydrogens is 124 g/mol. The van der Waals surface area contributed by atoms with Crippen molar-refractivity contribution in [3.05, 3.63) is 4.91 Å². The highest BCUT2D eigenvalue weighted by Crippen LogP contribution is 2.18. The summed E-state index contributed by atoms with van der Waals surface area (Å²) < 4.78 is 0. The Labute approximate surface area is 51.0 Å². The number of hydrogen-bond donors (Lipinski definition) is 1. The third kappa shape index (κ3) is 0.692. The fraction of sp³-hybridized carbons (Fsp3) is 0.750. The van der Waals surface area contributed by atoms with E-state index in [0.717, 1.165) is 0 Å². The zero-order valence-corrected chi connectivity index (χ0v) is 4.59. The summed E-state index contributed by atoms with van der Waals surface area (Å²) in [5.41, 5.74) is -1.61. The molecule has 50 valence electrons. The van der Waals surface area contributed by atoms with Crippen LogP contribution in [-0.4, -0.2) is 18.2 Å². The molecule has 0 radical (unpaired) electrons. The second-order valence-corrected chi connectivity index (χ2v) is 1.92. The molecule has 0 aromatic heterocycles. The van der Waals surface area contributed by atoms with Crippen LogP contribution in [0.4, 0.5) is 0 Å². The van der Waals surface area contributed by atoms with E-state index in [-0.39, 0.29) is 6.42 Å². The Bertz CT molecular complexity index is 152. The number of rotatable bonds is 2. The van der Waals surface area contributed by atoms with Crippen molar-refractivity contribution in [1.82, 2.24) is 5.32 Å². The number of aliphatic carboxylic acids is 1. The van der Waals surface area contributed by atoms with Crippen molar-refractivity contribution >= 4 is 5.97 Å². The highest BCUT2D eigenvalue weighted by molar-refractivity contribution is 5.77. The van der Waals surface area contributed by atoms with Gasteiger partial charge < -0.3 is 9.90 Å². The van der Waals surface area contributed by atoms with E-state index in [1.165, 1.54) is 0 Å². The van der Waals surface area contributed by atoms with Crippen LogP contribution in [0.3, 0.4) is 0 Å². The Morgan fingerprint density at radius 3 is 2.33 bits per heavy atom. The van der Waals surface area contributed by atoms with Crippen LogP contribution < -0.4 is 10.4 Å². The van der Waals surface area contributed by atoms with Crippen molar-refractivity contribution in [1.29, 1.82) is 0 Å². The molecule has 0 aromatic carbocycles. The molecule has 9 heavy (non-hydrogen) atoms. The first-order valence-corrected chi connectivity index (χ1v) is 2.52. The van der Waals surface area contributed by atoms with E-state index in [1.807, 2.05) is 0 Å². The Kier molecular flexibility index (Phi) is 1.21. The lowest BCUT2D eigenvalue weighted by Crippen LogP contribution is -2.65. The summed E-state index contributed by atoms with van der Waals surface area (Å²) >= 11 is 0. The molecule has 0 spiro atoms. The molecule has 0 saturated carbocycles. The molecule has 1 rings (SSSR count). The highest BCUT2D eigenvalue weighted by Gasteiger charge is 2.39. The first-order chi connectivity index (χ1) is 4.21. The quantitative estimate of drug-likeness (QED) is 0.445. The van der Waals surface area contributed by atoms with Gasteiger partial charge in [0.05, 0.1) is 5.97 Å². The van der Waals surface area contributed by atoms with E-state index in [1.54, 1.807) is 0 Å². The van der Waals surface area contributed by atoms with Crippen LogP contribution in [-0.2, 0) is 4.79 Å². The predicted molar refractivity (Wildman–Crippen MR) is 26.2 cm³/mol. The average Bonchev–Trinajstić information content (AvgIpc) is 1.62. The number of nitroso groups, excluding NO2 is 1. The summed E-state index contributed by atoms with van der Waals surface area (Å²) in [6.45, 7) is 0.514. The normalized spacial score (nSPS) is 32.9. The Morgan fingerprint density at radius 2 is 2.33 bits per heavy atom. The van der Waals surface area contributed by atoms with Crippen LogP contribution in [0.2, 0.25) is 0 Å². The number of carboxylic acids is 1. The van der Waals surface area contributed by atoms with Gasteiger partial charge in [-0.15, -0.1) is 4.91 Å². The summed E-state index contributed by atoms with van der Waals surface area (Å²) in [5, 5.41) is 14.8. The van der Waals surface area contributed by atoms with Gasteiger partial charge in [-0.1, -0.05) is 0 Å². The third-order valence-corrected chi connectivity index (χ3v) is 1.40. The van der Waals surface area contributed by atoms with Crippen molar-refractivity contribution in [2.45, 2.75) is 12.1 Å². The average molecular weight is 129 g/mol. The van der Waals surface area contributed by atoms with Gasteiger partial charge in [-0.2, -0.15) is 0 Å². The fourth-order valence-electron chi connectivity index (χ4n) is 0.651. The molecule has 1 fully saturated rings. The van der Waals surface area contributed by atoms with Crippen LogP contribution in [0.5, 0.6) is 0 Å². The van der Waals surface area contributed by atoms with Gasteiger partial charge in [0, 0.05) is 13.0 Å². The van der Waals surface area contributed by atoms with Gasteiger partial charge in [0.1, 0.15) is 0 Å². The van der Waals surface area contributed by atoms with Crippen molar-refractivity contribution < 1.29 is 9.90 Å². The van der Waals surface area contributed by atoms with E-state index in [4.69, 9.17) is 0 Å². The van der Waals surface area contributed by atoms with Crippen LogP contribution in [0.25, 0.3) is 0 Å². The molecule has 1 unspecified atom stereocenters. The highest BCUT2D eigenvalue weighted by atomic mass is 16.4. The minimum Gasteiger partial charge on any atom is -0.546 e. The minimum absolute atomic E-state index is 0.235. The number of nitrogens with zero attached hydrogens (tertiary/aromatic N) is 1. The number of carboxylic acid groups (broad SMARTS) is 1. The van der Waals surface area contributed by atoms with Gasteiger partial charge in [-0.05, 0) is 5.18 Å². The lowest BCUT2D eigenvalue weighted by molar-refractivity contribution is -0.317. The van der Waals surface area contributed by atoms with Gasteiger partial charge in [0.25, 0.3) is 0 Å². The topological polar surface area (TPSA) is 81.6 Å². The van der Waals surface area contributed by atoms with E-state index < -0.39 is 11.6 Å². The predicted octanol–water partition coefficient (Wildman–Crippen LogP) is -1.81. The van der Waals surface area contributed by atoms with Gasteiger partial charge in [-0.25, -0.2) is 0 Å². The van der Waals surface area contributed by atoms with E-state index in [0.29, 0.717) is 6.54 Å². The van der Waals surface area contributed by atoms with E-state index in [2.05, 4.69) is 10.5 Å². The van der Waals surface area contributed by atoms with Crippen molar-refractivity contribution in [3.63, 3.8) is 0 Å². The Hall–Kier alpha value is -0.970. The van der Waals surface area contributed by atoms with Crippen molar-refractivity contribution in [2.75, 3.05) is 6.54 Å². The third-order valence-electron chi connectivity index (χ3n) is 1.40. The smallest absolute Gasteiger partial charge is 0.193 e. The summed E-state index contributed by atoms with van der Waals surface area (Å²) in [6.07, 6.45) is 0.235. The minimum atomic E-state index is -1.61. The molecule has 1 atom stereocenters. The van der Waals surface area contributed by atoms with E-state index >= 15 is 0 Å². The molecule has 5 nitrogen and oxygen atoms in total. The number of carbonyl (C=O) groups excluding carboxylic acids is 1. The molecule has 1 N–H and O–H groups in total. The summed E-state index contributed by atoms with van der Waals surface area (Å²) in [4.78, 5) is 19.9. The molecule has 0 amide bonds. The number of hydrogen-bond acceptors (Lipinski definition) is 5. The monoisotopic (exact) mass is 129 g/mol. The molecule has 0 aromatic rings. The molecule has 1 aliphatic rings. The molecule has 5 heteroatoms. The first kappa shape index (κ1) is 6.15. The number of nitrogens with one attached hydrogen (secondary N) is 1. The van der Waals surface area contributed by atoms with Gasteiger partial charge in [0.15, 0.2) is 5.66 Å². The zero-order chi connectivity index (χ0) is 6.91. The standard InChI is InChI=1S/C4H6N2O3/c7-3(8)4(6-9)1-2-5-4/h5H,1-2H2,(H,7,8)/p-1. The SMILES string of the molecule is O=NC1(C(=O)[O-])CCN1. The van der Waals surface area contributed by atoms with Gasteiger partial charge in [0.2, 0.25) is 0 Å². The van der Waals surface area contributed by atoms with Crippen LogP contribution in [0.15, 0.2) is 5.18 Å². The number of carbonyl (C=O) groups is 1. The lowest BCUT2D eigenvalue weighted by atomic mass is 10.0. The van der Waals surface area contributed by atoms with E-state index in [9.17, 15) is 14.8 Å². The maximum atomic E-state index is 10.1. The molecule has 1 aliphatic heterocycles. The first-order valence-electron chi connectivity index (χ1n) is 2.52. The summed E-state index contributed by atoms with van der Waals surface area (Å²) in [7, 11) is 0. The lowest BCUT2D eigenvalue weighted by Gasteiger charge is -2.36. The fourth-order valence-corrected chi connectivity index (χ4v) is 0.651. The molecule has 1 heterocycles. The molecule has 1 saturated heterocycles. The Morgan fingerprint density at radius 1 is 1.78 bits per heavy atom. The second kappa shape index (κ2) is 1.77. The van der Waals surface area contributed by atoms with Crippen LogP contribution in [0.1, 0.15) is 6.42 Å². The maximum Gasteiger partial charge on any atom is 0.193 e. The van der Waals surface area contributed by atoms with Gasteiger partial charge in [-0.3, -0.25) is 5.32 Å². The summed E-state index contributed by atoms with van der Waals surface area (Å²) in [5.74, 6) is -1.44. The maximum absolute atomic E-state index is 10.1. The molecule has 0 bridgehead atoms. The van der Waals surface area contributed by atoms with Crippen LogP contribution in [0, 0.1) is 4.91 Å². The molecule has 0 aliphatic carbocycles. The van der Waals surface area contributed by atoms with Crippen LogP contribution >= 0.6 is 0 Å². The van der Waals surface area contributed by atoms with Crippen molar-refractivity contribution in [2.24, 2.45) is 5.18 Å². The van der Waals surface area contributed by atoms with Gasteiger partial charge >= 0.3 is 0 Å². The Balaban J connectivity index is 2.68. The zero-order valence-electron chi connectivity index (χ0n) is 4.59. The van der Waals surface area contributed by atoms with Crippen molar-refractivity contribution in [3.8, 4) is 0 Å². The summed E-state index contributed by atoms with van der Waals surface area (Å²) in [6, 6.07) is 0.